The molecule has 5 rings (SSSR count). The summed E-state index contributed by atoms with van der Waals surface area (Å²) < 4.78 is 55.2. The first-order chi connectivity index (χ1) is 17.5. The molecular weight excluding hydrogens is 479 g/mol. The number of carbonyl (C=O) groups excluding carboxylic acids is 1. The fourth-order valence-corrected chi connectivity index (χ4v) is 5.88. The highest BCUT2D eigenvalue weighted by molar-refractivity contribution is 5.84. The van der Waals surface area contributed by atoms with Gasteiger partial charge in [0.15, 0.2) is 0 Å². The topological polar surface area (TPSA) is 40.5 Å². The van der Waals surface area contributed by atoms with Gasteiger partial charge in [0.2, 0.25) is 0 Å². The second-order valence-electron chi connectivity index (χ2n) is 11.4. The Balaban J connectivity index is 1.34. The molecule has 0 amide bonds. The Morgan fingerprint density at radius 1 is 1.00 bits per heavy atom. The lowest BCUT2D eigenvalue weighted by Gasteiger charge is -2.22. The van der Waals surface area contributed by atoms with Crippen LogP contribution in [0.1, 0.15) is 93.6 Å². The number of nitrogens with zero attached hydrogens (tertiary/aromatic N) is 1. The fraction of sp³-hybridized carbons (Fsp3) is 0.500. The molecule has 0 bridgehead atoms. The van der Waals surface area contributed by atoms with E-state index >= 15 is 0 Å². The van der Waals surface area contributed by atoms with E-state index in [0.717, 1.165) is 55.1 Å². The molecule has 1 aliphatic carbocycles. The highest BCUT2D eigenvalue weighted by atomic mass is 19.4. The van der Waals surface area contributed by atoms with Crippen molar-refractivity contribution < 1.29 is 27.4 Å². The van der Waals surface area contributed by atoms with Crippen LogP contribution in [0.2, 0.25) is 0 Å². The number of halogens is 3. The number of aromatic nitrogens is 1. The average molecular weight is 514 g/mol. The summed E-state index contributed by atoms with van der Waals surface area (Å²) in [5.41, 5.74) is 1.97. The van der Waals surface area contributed by atoms with Crippen LogP contribution in [0, 0.1) is 0 Å². The van der Waals surface area contributed by atoms with E-state index in [4.69, 9.17) is 9.47 Å². The second-order valence-corrected chi connectivity index (χ2v) is 11.4. The molecule has 1 aromatic heterocycles. The van der Waals surface area contributed by atoms with Crippen LogP contribution in [-0.2, 0) is 28.7 Å². The molecule has 1 atom stereocenters. The Morgan fingerprint density at radius 3 is 2.46 bits per heavy atom. The molecule has 3 aromatic rings. The minimum absolute atomic E-state index is 0.00933. The molecule has 1 unspecified atom stereocenters. The lowest BCUT2D eigenvalue weighted by Crippen LogP contribution is -2.25. The first-order valence-electron chi connectivity index (χ1n) is 13.2. The Bertz CT molecular complexity index is 1300. The molecule has 4 nitrogen and oxygen atoms in total. The van der Waals surface area contributed by atoms with E-state index in [0.29, 0.717) is 23.3 Å². The van der Waals surface area contributed by atoms with Crippen molar-refractivity contribution >= 4 is 16.9 Å². The Labute approximate surface area is 215 Å². The van der Waals surface area contributed by atoms with E-state index in [1.165, 1.54) is 6.07 Å². The van der Waals surface area contributed by atoms with Gasteiger partial charge in [-0.15, -0.1) is 0 Å². The standard InChI is InChI=1S/C30H34F3NO3/c1-29(2,3)37-28(35)16-23-11-10-22-15-21-9-12-24(17-27(21)34(22)23)36-18-19-8-13-25(20-6-4-5-7-20)26(14-19)30(31,32)33/h8-9,12-15,17,20,23H,4-7,10-11,16,18H2,1-3H3. The monoisotopic (exact) mass is 513 g/mol. The van der Waals surface area contributed by atoms with Gasteiger partial charge in [0, 0.05) is 23.2 Å². The van der Waals surface area contributed by atoms with Gasteiger partial charge in [-0.25, -0.2) is 0 Å². The molecule has 2 heterocycles. The van der Waals surface area contributed by atoms with Crippen LogP contribution in [-0.4, -0.2) is 16.1 Å². The molecule has 1 aliphatic heterocycles. The Hall–Kier alpha value is -2.96. The number of benzene rings is 2. The van der Waals surface area contributed by atoms with Crippen LogP contribution >= 0.6 is 0 Å². The lowest BCUT2D eigenvalue weighted by atomic mass is 9.91. The summed E-state index contributed by atoms with van der Waals surface area (Å²) >= 11 is 0. The summed E-state index contributed by atoms with van der Waals surface area (Å²) in [4.78, 5) is 12.5. The lowest BCUT2D eigenvalue weighted by molar-refractivity contribution is -0.155. The minimum atomic E-state index is -4.39. The number of hydrogen-bond donors (Lipinski definition) is 0. The zero-order chi connectivity index (χ0) is 26.4. The minimum Gasteiger partial charge on any atom is -0.489 e. The number of esters is 1. The van der Waals surface area contributed by atoms with Gasteiger partial charge >= 0.3 is 12.1 Å². The number of aryl methyl sites for hydroxylation is 1. The summed E-state index contributed by atoms with van der Waals surface area (Å²) in [6.45, 7) is 5.63. The number of fused-ring (bicyclic) bond motifs is 3. The van der Waals surface area contributed by atoms with Gasteiger partial charge in [0.25, 0.3) is 0 Å². The SMILES string of the molecule is CC(C)(C)OC(=O)CC1CCc2cc3ccc(OCc4ccc(C5CCCC5)c(C(F)(F)F)c4)cc3n21. The molecule has 2 aliphatic rings. The van der Waals surface area contributed by atoms with E-state index in [1.807, 2.05) is 39.0 Å². The summed E-state index contributed by atoms with van der Waals surface area (Å²) in [5.74, 6) is 0.352. The predicted molar refractivity (Wildman–Crippen MR) is 137 cm³/mol. The van der Waals surface area contributed by atoms with Crippen molar-refractivity contribution in [1.82, 2.24) is 4.57 Å². The first-order valence-corrected chi connectivity index (χ1v) is 13.2. The van der Waals surface area contributed by atoms with Crippen molar-refractivity contribution in [1.29, 1.82) is 0 Å². The normalized spacial score (nSPS) is 18.4. The Morgan fingerprint density at radius 2 is 1.76 bits per heavy atom. The summed E-state index contributed by atoms with van der Waals surface area (Å²) in [6.07, 6.45) is 1.25. The van der Waals surface area contributed by atoms with E-state index in [1.54, 1.807) is 12.1 Å². The van der Waals surface area contributed by atoms with Gasteiger partial charge in [0.05, 0.1) is 17.5 Å². The van der Waals surface area contributed by atoms with Crippen LogP contribution in [0.3, 0.4) is 0 Å². The van der Waals surface area contributed by atoms with Gasteiger partial charge in [-0.05, 0) is 87.8 Å². The smallest absolute Gasteiger partial charge is 0.416 e. The predicted octanol–water partition coefficient (Wildman–Crippen LogP) is 8.12. The van der Waals surface area contributed by atoms with Gasteiger partial charge in [-0.2, -0.15) is 13.2 Å². The third-order valence-electron chi connectivity index (χ3n) is 7.44. The summed E-state index contributed by atoms with van der Waals surface area (Å²) in [5, 5.41) is 1.05. The molecule has 0 radical (unpaired) electrons. The van der Waals surface area contributed by atoms with E-state index in [-0.39, 0.29) is 24.5 Å². The third-order valence-corrected chi connectivity index (χ3v) is 7.44. The van der Waals surface area contributed by atoms with Crippen LogP contribution in [0.5, 0.6) is 5.75 Å². The quantitative estimate of drug-likeness (QED) is 0.313. The van der Waals surface area contributed by atoms with Gasteiger partial charge < -0.3 is 14.0 Å². The maximum Gasteiger partial charge on any atom is 0.416 e. The highest BCUT2D eigenvalue weighted by Gasteiger charge is 2.36. The number of alkyl halides is 3. The summed E-state index contributed by atoms with van der Waals surface area (Å²) in [7, 11) is 0. The van der Waals surface area contributed by atoms with Gasteiger partial charge in [-0.3, -0.25) is 4.79 Å². The maximum atomic E-state index is 13.9. The fourth-order valence-electron chi connectivity index (χ4n) is 5.88. The van der Waals surface area contributed by atoms with Crippen LogP contribution in [0.15, 0.2) is 42.5 Å². The van der Waals surface area contributed by atoms with Crippen molar-refractivity contribution in [3.05, 3.63) is 64.8 Å². The van der Waals surface area contributed by atoms with Crippen LogP contribution < -0.4 is 4.74 Å². The number of carbonyl (C=O) groups is 1. The van der Waals surface area contributed by atoms with Crippen molar-refractivity contribution in [3.8, 4) is 5.75 Å². The molecule has 1 fully saturated rings. The molecule has 37 heavy (non-hydrogen) atoms. The number of rotatable bonds is 6. The largest absolute Gasteiger partial charge is 0.489 e. The van der Waals surface area contributed by atoms with Crippen LogP contribution in [0.25, 0.3) is 10.9 Å². The average Bonchev–Trinajstić information content (AvgIpc) is 3.54. The van der Waals surface area contributed by atoms with Crippen LogP contribution in [0.4, 0.5) is 13.2 Å². The molecule has 2 aromatic carbocycles. The van der Waals surface area contributed by atoms with Crippen molar-refractivity contribution in [2.75, 3.05) is 0 Å². The van der Waals surface area contributed by atoms with Crippen molar-refractivity contribution in [2.24, 2.45) is 0 Å². The third kappa shape index (κ3) is 5.65. The first kappa shape index (κ1) is 25.7. The zero-order valence-electron chi connectivity index (χ0n) is 21.7. The van der Waals surface area contributed by atoms with E-state index in [2.05, 4.69) is 10.6 Å². The van der Waals surface area contributed by atoms with E-state index < -0.39 is 17.3 Å². The number of hydrogen-bond acceptors (Lipinski definition) is 3. The number of ether oxygens (including phenoxy) is 2. The Kier molecular flexibility index (Phi) is 6.75. The molecule has 0 N–H and O–H groups in total. The maximum absolute atomic E-state index is 13.9. The van der Waals surface area contributed by atoms with Crippen molar-refractivity contribution in [3.63, 3.8) is 0 Å². The molecule has 198 valence electrons. The molecule has 0 saturated heterocycles. The van der Waals surface area contributed by atoms with E-state index in [9.17, 15) is 18.0 Å². The van der Waals surface area contributed by atoms with Gasteiger partial charge in [0.1, 0.15) is 18.0 Å². The molecular formula is C30H34F3NO3. The zero-order valence-corrected chi connectivity index (χ0v) is 21.7. The molecule has 7 heteroatoms. The van der Waals surface area contributed by atoms with Gasteiger partial charge in [-0.1, -0.05) is 25.0 Å². The molecule has 0 spiro atoms. The second kappa shape index (κ2) is 9.73. The molecule has 1 saturated carbocycles. The summed E-state index contributed by atoms with van der Waals surface area (Å²) in [6, 6.07) is 12.5. The van der Waals surface area contributed by atoms with Crippen molar-refractivity contribution in [2.45, 2.75) is 96.1 Å². The highest BCUT2D eigenvalue weighted by Crippen LogP contribution is 2.42.